The zero-order valence-corrected chi connectivity index (χ0v) is 12.6. The van der Waals surface area contributed by atoms with Crippen LogP contribution in [0.15, 0.2) is 24.3 Å². The van der Waals surface area contributed by atoms with Crippen molar-refractivity contribution in [1.29, 1.82) is 0 Å². The second-order valence-electron chi connectivity index (χ2n) is 5.63. The number of nitrogens with zero attached hydrogens (tertiary/aromatic N) is 1. The van der Waals surface area contributed by atoms with Gasteiger partial charge in [0, 0.05) is 24.5 Å². The SMILES string of the molecule is CC(CO)NC(=O)Nc1cccc(N2CCCCCC2)c1. The molecular formula is C16H25N3O2. The number of anilines is 2. The number of rotatable bonds is 4. The van der Waals surface area contributed by atoms with E-state index in [1.165, 1.54) is 25.7 Å². The lowest BCUT2D eigenvalue weighted by Crippen LogP contribution is -2.38. The summed E-state index contributed by atoms with van der Waals surface area (Å²) in [4.78, 5) is 14.2. The van der Waals surface area contributed by atoms with Gasteiger partial charge in [-0.15, -0.1) is 0 Å². The Bertz CT molecular complexity index is 457. The number of benzene rings is 1. The third-order valence-corrected chi connectivity index (χ3v) is 3.73. The molecule has 0 radical (unpaired) electrons. The van der Waals surface area contributed by atoms with Gasteiger partial charge in [0.2, 0.25) is 0 Å². The summed E-state index contributed by atoms with van der Waals surface area (Å²) in [7, 11) is 0. The highest BCUT2D eigenvalue weighted by molar-refractivity contribution is 5.90. The highest BCUT2D eigenvalue weighted by Gasteiger charge is 2.11. The molecule has 0 aliphatic carbocycles. The maximum absolute atomic E-state index is 11.8. The molecule has 5 nitrogen and oxygen atoms in total. The number of aliphatic hydroxyl groups excluding tert-OH is 1. The number of aliphatic hydroxyl groups is 1. The summed E-state index contributed by atoms with van der Waals surface area (Å²) in [6.45, 7) is 3.85. The first-order valence-corrected chi connectivity index (χ1v) is 7.72. The summed E-state index contributed by atoms with van der Waals surface area (Å²) < 4.78 is 0. The third kappa shape index (κ3) is 4.93. The molecule has 0 spiro atoms. The van der Waals surface area contributed by atoms with Crippen LogP contribution in [0, 0.1) is 0 Å². The van der Waals surface area contributed by atoms with Crippen LogP contribution in [0.25, 0.3) is 0 Å². The number of amides is 2. The fourth-order valence-electron chi connectivity index (χ4n) is 2.55. The standard InChI is InChI=1S/C16H25N3O2/c1-13(12-20)17-16(21)18-14-7-6-8-15(11-14)19-9-4-2-3-5-10-19/h6-8,11,13,20H,2-5,9-10,12H2,1H3,(H2,17,18,21). The second-order valence-corrected chi connectivity index (χ2v) is 5.63. The average Bonchev–Trinajstić information content (AvgIpc) is 2.76. The predicted octanol–water partition coefficient (Wildman–Crippen LogP) is 2.57. The molecule has 2 rings (SSSR count). The normalized spacial score (nSPS) is 17.0. The van der Waals surface area contributed by atoms with Crippen molar-refractivity contribution >= 4 is 17.4 Å². The first kappa shape index (κ1) is 15.6. The number of carbonyl (C=O) groups is 1. The highest BCUT2D eigenvalue weighted by atomic mass is 16.3. The van der Waals surface area contributed by atoms with Gasteiger partial charge in [0.25, 0.3) is 0 Å². The summed E-state index contributed by atoms with van der Waals surface area (Å²) in [6, 6.07) is 7.40. The van der Waals surface area contributed by atoms with Crippen LogP contribution in [0.5, 0.6) is 0 Å². The van der Waals surface area contributed by atoms with Gasteiger partial charge in [-0.1, -0.05) is 18.9 Å². The van der Waals surface area contributed by atoms with Crippen LogP contribution in [0.3, 0.4) is 0 Å². The van der Waals surface area contributed by atoms with Gasteiger partial charge < -0.3 is 20.6 Å². The average molecular weight is 291 g/mol. The topological polar surface area (TPSA) is 64.6 Å². The molecule has 0 bridgehead atoms. The Balaban J connectivity index is 1.98. The van der Waals surface area contributed by atoms with Crippen molar-refractivity contribution in [3.05, 3.63) is 24.3 Å². The molecular weight excluding hydrogens is 266 g/mol. The Kier molecular flexibility index (Phi) is 5.87. The van der Waals surface area contributed by atoms with E-state index in [2.05, 4.69) is 21.6 Å². The van der Waals surface area contributed by atoms with Crippen LogP contribution >= 0.6 is 0 Å². The molecule has 5 heteroatoms. The van der Waals surface area contributed by atoms with Crippen molar-refractivity contribution in [3.8, 4) is 0 Å². The Morgan fingerprint density at radius 2 is 2.00 bits per heavy atom. The van der Waals surface area contributed by atoms with E-state index in [-0.39, 0.29) is 18.7 Å². The van der Waals surface area contributed by atoms with Crippen molar-refractivity contribution in [3.63, 3.8) is 0 Å². The van der Waals surface area contributed by atoms with Gasteiger partial charge in [-0.25, -0.2) is 4.79 Å². The van der Waals surface area contributed by atoms with Crippen molar-refractivity contribution < 1.29 is 9.90 Å². The zero-order valence-electron chi connectivity index (χ0n) is 12.6. The maximum Gasteiger partial charge on any atom is 0.319 e. The first-order valence-electron chi connectivity index (χ1n) is 7.72. The molecule has 1 aromatic rings. The van der Waals surface area contributed by atoms with Gasteiger partial charge in [0.1, 0.15) is 0 Å². The molecule has 21 heavy (non-hydrogen) atoms. The molecule has 1 aromatic carbocycles. The Morgan fingerprint density at radius 1 is 1.29 bits per heavy atom. The van der Waals surface area contributed by atoms with Crippen LogP contribution in [0.1, 0.15) is 32.6 Å². The number of urea groups is 1. The summed E-state index contributed by atoms with van der Waals surface area (Å²) in [5.41, 5.74) is 1.93. The molecule has 116 valence electrons. The lowest BCUT2D eigenvalue weighted by molar-refractivity contribution is 0.229. The minimum Gasteiger partial charge on any atom is -0.394 e. The van der Waals surface area contributed by atoms with Gasteiger partial charge in [0.05, 0.1) is 12.6 Å². The summed E-state index contributed by atoms with van der Waals surface area (Å²) >= 11 is 0. The van der Waals surface area contributed by atoms with Gasteiger partial charge in [-0.05, 0) is 38.0 Å². The summed E-state index contributed by atoms with van der Waals surface area (Å²) in [5, 5.41) is 14.4. The second kappa shape index (κ2) is 7.88. The van der Waals surface area contributed by atoms with Crippen molar-refractivity contribution in [2.45, 2.75) is 38.6 Å². The largest absolute Gasteiger partial charge is 0.394 e. The van der Waals surface area contributed by atoms with E-state index < -0.39 is 0 Å². The number of hydrogen-bond donors (Lipinski definition) is 3. The van der Waals surface area contributed by atoms with E-state index >= 15 is 0 Å². The van der Waals surface area contributed by atoms with Gasteiger partial charge in [-0.2, -0.15) is 0 Å². The van der Waals surface area contributed by atoms with Gasteiger partial charge in [0.15, 0.2) is 0 Å². The molecule has 1 aliphatic rings. The van der Waals surface area contributed by atoms with Crippen molar-refractivity contribution in [2.75, 3.05) is 29.9 Å². The van der Waals surface area contributed by atoms with Crippen molar-refractivity contribution in [1.82, 2.24) is 5.32 Å². The number of hydrogen-bond acceptors (Lipinski definition) is 3. The minimum absolute atomic E-state index is 0.0682. The molecule has 1 saturated heterocycles. The molecule has 1 aliphatic heterocycles. The number of nitrogens with one attached hydrogen (secondary N) is 2. The van der Waals surface area contributed by atoms with E-state index in [1.54, 1.807) is 6.92 Å². The van der Waals surface area contributed by atoms with E-state index in [4.69, 9.17) is 5.11 Å². The van der Waals surface area contributed by atoms with E-state index in [0.717, 1.165) is 24.5 Å². The molecule has 1 fully saturated rings. The Morgan fingerprint density at radius 3 is 2.67 bits per heavy atom. The fourth-order valence-corrected chi connectivity index (χ4v) is 2.55. The van der Waals surface area contributed by atoms with Crippen LogP contribution in [-0.2, 0) is 0 Å². The molecule has 0 aromatic heterocycles. The minimum atomic E-state index is -0.287. The van der Waals surface area contributed by atoms with E-state index in [9.17, 15) is 4.79 Å². The quantitative estimate of drug-likeness (QED) is 0.799. The lowest BCUT2D eigenvalue weighted by atomic mass is 10.2. The molecule has 1 heterocycles. The van der Waals surface area contributed by atoms with E-state index in [1.807, 2.05) is 18.2 Å². The van der Waals surface area contributed by atoms with E-state index in [0.29, 0.717) is 0 Å². The zero-order chi connectivity index (χ0) is 15.1. The van der Waals surface area contributed by atoms with Gasteiger partial charge in [-0.3, -0.25) is 0 Å². The first-order chi connectivity index (χ1) is 10.2. The van der Waals surface area contributed by atoms with Crippen LogP contribution in [-0.4, -0.2) is 36.9 Å². The molecule has 1 unspecified atom stereocenters. The molecule has 1 atom stereocenters. The molecule has 0 saturated carbocycles. The molecule has 2 amide bonds. The van der Waals surface area contributed by atoms with Crippen LogP contribution < -0.4 is 15.5 Å². The fraction of sp³-hybridized carbons (Fsp3) is 0.562. The third-order valence-electron chi connectivity index (χ3n) is 3.73. The molecule has 3 N–H and O–H groups in total. The smallest absolute Gasteiger partial charge is 0.319 e. The highest BCUT2D eigenvalue weighted by Crippen LogP contribution is 2.22. The number of carbonyl (C=O) groups excluding carboxylic acids is 1. The summed E-state index contributed by atoms with van der Waals surface area (Å²) in [5.74, 6) is 0. The Hall–Kier alpha value is -1.75. The lowest BCUT2D eigenvalue weighted by Gasteiger charge is -2.23. The maximum atomic E-state index is 11.8. The van der Waals surface area contributed by atoms with Gasteiger partial charge >= 0.3 is 6.03 Å². The van der Waals surface area contributed by atoms with Crippen LogP contribution in [0.4, 0.5) is 16.2 Å². The van der Waals surface area contributed by atoms with Crippen molar-refractivity contribution in [2.24, 2.45) is 0 Å². The Labute approximate surface area is 126 Å². The monoisotopic (exact) mass is 291 g/mol. The van der Waals surface area contributed by atoms with Crippen LogP contribution in [0.2, 0.25) is 0 Å². The predicted molar refractivity (Wildman–Crippen MR) is 85.8 cm³/mol. The summed E-state index contributed by atoms with van der Waals surface area (Å²) in [6.07, 6.45) is 5.06.